The van der Waals surface area contributed by atoms with Crippen LogP contribution >= 0.6 is 23.4 Å². The van der Waals surface area contributed by atoms with E-state index < -0.39 is 6.04 Å². The fourth-order valence-corrected chi connectivity index (χ4v) is 4.68. The van der Waals surface area contributed by atoms with Gasteiger partial charge in [-0.2, -0.15) is 4.91 Å². The molecule has 0 spiro atoms. The van der Waals surface area contributed by atoms with Gasteiger partial charge < -0.3 is 14.6 Å². The molecular weight excluding hydrogens is 462 g/mol. The summed E-state index contributed by atoms with van der Waals surface area (Å²) in [5, 5.41) is 14.6. The number of hydrogen-bond donors (Lipinski definition) is 1. The molecule has 0 aliphatic rings. The third-order valence-electron chi connectivity index (χ3n) is 5.21. The number of thioether (sulfide) groups is 1. The van der Waals surface area contributed by atoms with Gasteiger partial charge in [-0.05, 0) is 48.6 Å². The number of esters is 1. The number of hydrogen-bond acceptors (Lipinski definition) is 7. The van der Waals surface area contributed by atoms with Crippen molar-refractivity contribution in [3.63, 3.8) is 0 Å². The Labute approximate surface area is 205 Å². The van der Waals surface area contributed by atoms with Crippen LogP contribution in [0.25, 0.3) is 0 Å². The third kappa shape index (κ3) is 7.64. The summed E-state index contributed by atoms with van der Waals surface area (Å²) < 4.78 is 10.7. The lowest BCUT2D eigenvalue weighted by molar-refractivity contribution is -0.139. The molecule has 6 nitrogen and oxygen atoms in total. The van der Waals surface area contributed by atoms with Gasteiger partial charge in [-0.15, -0.1) is 11.8 Å². The van der Waals surface area contributed by atoms with Gasteiger partial charge >= 0.3 is 5.97 Å². The fraction of sp³-hybridized carbons (Fsp3) is 0.480. The van der Waals surface area contributed by atoms with Crippen molar-refractivity contribution >= 4 is 29.3 Å². The van der Waals surface area contributed by atoms with Gasteiger partial charge in [0.05, 0.1) is 25.2 Å². The monoisotopic (exact) mass is 493 g/mol. The first-order valence-corrected chi connectivity index (χ1v) is 12.5. The Kier molecular flexibility index (Phi) is 11.0. The molecular formula is C25H32ClNO5S. The van der Waals surface area contributed by atoms with E-state index in [0.29, 0.717) is 29.4 Å². The van der Waals surface area contributed by atoms with E-state index in [2.05, 4.69) is 9.91 Å². The Balaban J connectivity index is 1.95. The highest BCUT2D eigenvalue weighted by Crippen LogP contribution is 2.39. The lowest BCUT2D eigenvalue weighted by Crippen LogP contribution is -2.07. The number of carbonyl (C=O) groups is 1. The van der Waals surface area contributed by atoms with Crippen molar-refractivity contribution < 1.29 is 19.4 Å². The first-order valence-electron chi connectivity index (χ1n) is 11.1. The van der Waals surface area contributed by atoms with Crippen LogP contribution in [0.4, 0.5) is 0 Å². The molecule has 0 heterocycles. The number of benzene rings is 2. The SMILES string of the molecule is CCCc1c(OCCCSc2ccc(CC(=O)OC)cc2Cl)ccc(C(N=O)C(C)C)c1O. The molecule has 2 rings (SSSR count). The van der Waals surface area contributed by atoms with Gasteiger partial charge in [0.15, 0.2) is 0 Å². The van der Waals surface area contributed by atoms with Crippen LogP contribution in [-0.4, -0.2) is 30.5 Å². The van der Waals surface area contributed by atoms with Gasteiger partial charge in [-0.3, -0.25) is 4.79 Å². The maximum absolute atomic E-state index is 11.4. The highest BCUT2D eigenvalue weighted by Gasteiger charge is 2.23. The van der Waals surface area contributed by atoms with Crippen molar-refractivity contribution in [2.75, 3.05) is 19.5 Å². The highest BCUT2D eigenvalue weighted by molar-refractivity contribution is 7.99. The molecule has 33 heavy (non-hydrogen) atoms. The summed E-state index contributed by atoms with van der Waals surface area (Å²) in [6.45, 7) is 6.34. The van der Waals surface area contributed by atoms with Crippen LogP contribution in [0, 0.1) is 10.8 Å². The maximum atomic E-state index is 11.4. The summed E-state index contributed by atoms with van der Waals surface area (Å²) in [5.74, 6) is 1.25. The van der Waals surface area contributed by atoms with Gasteiger partial charge in [0.25, 0.3) is 0 Å². The predicted molar refractivity (Wildman–Crippen MR) is 133 cm³/mol. The Hall–Kier alpha value is -2.25. The van der Waals surface area contributed by atoms with E-state index in [9.17, 15) is 14.8 Å². The molecule has 2 aromatic rings. The smallest absolute Gasteiger partial charge is 0.309 e. The molecule has 0 amide bonds. The predicted octanol–water partition coefficient (Wildman–Crippen LogP) is 6.74. The molecule has 0 aliphatic carbocycles. The molecule has 0 aromatic heterocycles. The Morgan fingerprint density at radius 3 is 2.61 bits per heavy atom. The van der Waals surface area contributed by atoms with Gasteiger partial charge in [0.2, 0.25) is 0 Å². The quantitative estimate of drug-likeness (QED) is 0.144. The molecule has 0 fully saturated rings. The summed E-state index contributed by atoms with van der Waals surface area (Å²) in [7, 11) is 1.36. The number of carbonyl (C=O) groups excluding carboxylic acids is 1. The molecule has 0 saturated carbocycles. The van der Waals surface area contributed by atoms with E-state index in [1.54, 1.807) is 23.9 Å². The van der Waals surface area contributed by atoms with E-state index in [0.717, 1.165) is 34.6 Å². The lowest BCUT2D eigenvalue weighted by atomic mass is 9.93. The minimum absolute atomic E-state index is 0.00646. The first-order chi connectivity index (χ1) is 15.8. The van der Waals surface area contributed by atoms with E-state index in [-0.39, 0.29) is 24.1 Å². The molecule has 8 heteroatoms. The molecule has 1 unspecified atom stereocenters. The first kappa shape index (κ1) is 27.0. The summed E-state index contributed by atoms with van der Waals surface area (Å²) in [4.78, 5) is 23.6. The zero-order valence-corrected chi connectivity index (χ0v) is 21.2. The van der Waals surface area contributed by atoms with Crippen LogP contribution in [-0.2, 0) is 22.4 Å². The average Bonchev–Trinajstić information content (AvgIpc) is 2.78. The average molecular weight is 494 g/mol. The second kappa shape index (κ2) is 13.5. The van der Waals surface area contributed by atoms with Crippen LogP contribution in [0.2, 0.25) is 5.02 Å². The zero-order chi connectivity index (χ0) is 24.4. The van der Waals surface area contributed by atoms with E-state index in [4.69, 9.17) is 16.3 Å². The number of aromatic hydroxyl groups is 1. The molecule has 1 N–H and O–H groups in total. The number of nitroso groups, excluding NO2 is 1. The summed E-state index contributed by atoms with van der Waals surface area (Å²) in [5.41, 5.74) is 2.09. The fourth-order valence-electron chi connectivity index (χ4n) is 3.47. The summed E-state index contributed by atoms with van der Waals surface area (Å²) >= 11 is 7.97. The second-order valence-corrected chi connectivity index (χ2v) is 9.64. The van der Waals surface area contributed by atoms with Crippen LogP contribution in [0.15, 0.2) is 40.4 Å². The van der Waals surface area contributed by atoms with E-state index in [1.807, 2.05) is 39.0 Å². The molecule has 0 saturated heterocycles. The number of phenols is 1. The van der Waals surface area contributed by atoms with E-state index >= 15 is 0 Å². The van der Waals surface area contributed by atoms with Gasteiger partial charge in [0.1, 0.15) is 17.5 Å². The summed E-state index contributed by atoms with van der Waals surface area (Å²) in [6, 6.07) is 8.55. The maximum Gasteiger partial charge on any atom is 0.309 e. The summed E-state index contributed by atoms with van der Waals surface area (Å²) in [6.07, 6.45) is 2.47. The van der Waals surface area contributed by atoms with Gasteiger partial charge in [-0.1, -0.05) is 50.0 Å². The van der Waals surface area contributed by atoms with Gasteiger partial charge in [0, 0.05) is 21.8 Å². The minimum atomic E-state index is -0.588. The number of nitrogens with zero attached hydrogens (tertiary/aromatic N) is 1. The Bertz CT molecular complexity index is 951. The number of phenolic OH excluding ortho intramolecular Hbond substituents is 1. The lowest BCUT2D eigenvalue weighted by Gasteiger charge is -2.19. The number of halogens is 1. The highest BCUT2D eigenvalue weighted by atomic mass is 35.5. The second-order valence-electron chi connectivity index (χ2n) is 8.09. The van der Waals surface area contributed by atoms with Crippen molar-refractivity contribution in [1.29, 1.82) is 0 Å². The molecule has 0 aliphatic heterocycles. The van der Waals surface area contributed by atoms with Crippen molar-refractivity contribution in [2.24, 2.45) is 11.1 Å². The molecule has 0 bridgehead atoms. The van der Waals surface area contributed by atoms with Crippen molar-refractivity contribution in [3.05, 3.63) is 57.0 Å². The van der Waals surface area contributed by atoms with E-state index in [1.165, 1.54) is 7.11 Å². The number of methoxy groups -OCH3 is 1. The third-order valence-corrected chi connectivity index (χ3v) is 6.80. The molecule has 0 radical (unpaired) electrons. The number of ether oxygens (including phenoxy) is 2. The largest absolute Gasteiger partial charge is 0.507 e. The molecule has 1 atom stereocenters. The molecule has 2 aromatic carbocycles. The zero-order valence-electron chi connectivity index (χ0n) is 19.6. The normalized spacial score (nSPS) is 11.9. The van der Waals surface area contributed by atoms with Gasteiger partial charge in [-0.25, -0.2) is 0 Å². The van der Waals surface area contributed by atoms with Crippen LogP contribution in [0.5, 0.6) is 11.5 Å². The van der Waals surface area contributed by atoms with Crippen LogP contribution < -0.4 is 4.74 Å². The molecule has 180 valence electrons. The number of rotatable bonds is 13. The van der Waals surface area contributed by atoms with Crippen LogP contribution in [0.1, 0.15) is 56.3 Å². The van der Waals surface area contributed by atoms with Crippen LogP contribution in [0.3, 0.4) is 0 Å². The Morgan fingerprint density at radius 2 is 2.00 bits per heavy atom. The van der Waals surface area contributed by atoms with Crippen molar-refractivity contribution in [2.45, 2.75) is 57.4 Å². The Morgan fingerprint density at radius 1 is 1.24 bits per heavy atom. The van der Waals surface area contributed by atoms with Crippen molar-refractivity contribution in [1.82, 2.24) is 0 Å². The topological polar surface area (TPSA) is 85.2 Å². The minimum Gasteiger partial charge on any atom is -0.507 e. The standard InChI is InChI=1S/C25H32ClNO5S/c1-5-7-18-21(10-9-19(25(18)29)24(27-30)16(2)3)32-12-6-13-33-22-11-8-17(14-20(22)26)15-23(28)31-4/h8-11,14,16,24,29H,5-7,12-13,15H2,1-4H3. The van der Waals surface area contributed by atoms with Crippen molar-refractivity contribution in [3.8, 4) is 11.5 Å².